The summed E-state index contributed by atoms with van der Waals surface area (Å²) >= 11 is 5.97. The molecule has 1 aromatic carbocycles. The summed E-state index contributed by atoms with van der Waals surface area (Å²) in [6.45, 7) is 0. The van der Waals surface area contributed by atoms with E-state index < -0.39 is 5.60 Å². The number of hydrogen-bond donors (Lipinski definition) is 2. The van der Waals surface area contributed by atoms with Crippen molar-refractivity contribution in [1.82, 2.24) is 0 Å². The lowest BCUT2D eigenvalue weighted by Gasteiger charge is -2.12. The minimum Gasteiger partial charge on any atom is -0.504 e. The Morgan fingerprint density at radius 2 is 2.13 bits per heavy atom. The molecule has 0 radical (unpaired) electrons. The van der Waals surface area contributed by atoms with Gasteiger partial charge in [0.2, 0.25) is 0 Å². The number of aromatic hydroxyl groups is 1. The third kappa shape index (κ3) is 2.19. The van der Waals surface area contributed by atoms with Gasteiger partial charge >= 0.3 is 0 Å². The standard InChI is InChI=1S/C11H13ClO3/c1-15-10-4-7(6-11(14)2-3-11)8(12)5-9(10)13/h4-5,13-14H,2-3,6H2,1H3. The Hall–Kier alpha value is -0.930. The van der Waals surface area contributed by atoms with Crippen LogP contribution >= 0.6 is 11.6 Å². The number of benzene rings is 1. The highest BCUT2D eigenvalue weighted by Crippen LogP contribution is 2.41. The predicted molar refractivity (Wildman–Crippen MR) is 57.6 cm³/mol. The first-order chi connectivity index (χ1) is 7.04. The third-order valence-electron chi connectivity index (χ3n) is 2.69. The number of hydrogen-bond acceptors (Lipinski definition) is 3. The van der Waals surface area contributed by atoms with E-state index in [9.17, 15) is 10.2 Å². The molecule has 0 bridgehead atoms. The second-order valence-corrected chi connectivity index (χ2v) is 4.42. The number of phenolic OH excluding ortho intramolecular Hbond substituents is 1. The van der Waals surface area contributed by atoms with Gasteiger partial charge in [0.1, 0.15) is 0 Å². The molecule has 1 fully saturated rings. The van der Waals surface area contributed by atoms with E-state index in [0.717, 1.165) is 18.4 Å². The minimum atomic E-state index is -0.592. The van der Waals surface area contributed by atoms with Crippen molar-refractivity contribution in [2.24, 2.45) is 0 Å². The lowest BCUT2D eigenvalue weighted by atomic mass is 10.1. The van der Waals surface area contributed by atoms with Crippen molar-refractivity contribution in [2.75, 3.05) is 7.11 Å². The van der Waals surface area contributed by atoms with Crippen LogP contribution in [0.2, 0.25) is 5.02 Å². The molecule has 0 atom stereocenters. The molecule has 82 valence electrons. The fourth-order valence-electron chi connectivity index (χ4n) is 1.56. The minimum absolute atomic E-state index is 0.0223. The molecule has 1 aromatic rings. The Balaban J connectivity index is 2.29. The highest BCUT2D eigenvalue weighted by Gasteiger charge is 2.40. The summed E-state index contributed by atoms with van der Waals surface area (Å²) in [6.07, 6.45) is 2.14. The summed E-state index contributed by atoms with van der Waals surface area (Å²) in [4.78, 5) is 0. The fraction of sp³-hybridized carbons (Fsp3) is 0.455. The Labute approximate surface area is 93.3 Å². The Morgan fingerprint density at radius 3 is 2.67 bits per heavy atom. The van der Waals surface area contributed by atoms with Gasteiger partial charge in [0.25, 0.3) is 0 Å². The molecule has 0 amide bonds. The molecule has 4 heteroatoms. The molecule has 0 spiro atoms. The van der Waals surface area contributed by atoms with E-state index in [1.807, 2.05) is 0 Å². The van der Waals surface area contributed by atoms with Gasteiger partial charge in [-0.05, 0) is 24.5 Å². The van der Waals surface area contributed by atoms with Gasteiger partial charge in [-0.3, -0.25) is 0 Å². The maximum atomic E-state index is 9.78. The van der Waals surface area contributed by atoms with Crippen LogP contribution in [0.1, 0.15) is 18.4 Å². The first kappa shape index (κ1) is 10.6. The molecule has 3 nitrogen and oxygen atoms in total. The van der Waals surface area contributed by atoms with Crippen molar-refractivity contribution >= 4 is 11.6 Å². The van der Waals surface area contributed by atoms with Crippen molar-refractivity contribution in [3.05, 3.63) is 22.7 Å². The Morgan fingerprint density at radius 1 is 1.47 bits per heavy atom. The summed E-state index contributed by atoms with van der Waals surface area (Å²) in [5.41, 5.74) is 0.220. The van der Waals surface area contributed by atoms with Crippen molar-refractivity contribution in [3.8, 4) is 11.5 Å². The predicted octanol–water partition coefficient (Wildman–Crippen LogP) is 2.12. The van der Waals surface area contributed by atoms with E-state index >= 15 is 0 Å². The molecule has 1 aliphatic carbocycles. The number of aliphatic hydroxyl groups is 1. The number of ether oxygens (including phenoxy) is 1. The van der Waals surface area contributed by atoms with Crippen molar-refractivity contribution in [1.29, 1.82) is 0 Å². The van der Waals surface area contributed by atoms with Crippen LogP contribution < -0.4 is 4.74 Å². The summed E-state index contributed by atoms with van der Waals surface area (Å²) < 4.78 is 4.99. The SMILES string of the molecule is COc1cc(CC2(O)CC2)c(Cl)cc1O. The maximum Gasteiger partial charge on any atom is 0.160 e. The third-order valence-corrected chi connectivity index (χ3v) is 3.05. The topological polar surface area (TPSA) is 49.7 Å². The van der Waals surface area contributed by atoms with Crippen molar-refractivity contribution < 1.29 is 14.9 Å². The largest absolute Gasteiger partial charge is 0.504 e. The highest BCUT2D eigenvalue weighted by atomic mass is 35.5. The highest BCUT2D eigenvalue weighted by molar-refractivity contribution is 6.31. The summed E-state index contributed by atoms with van der Waals surface area (Å²) in [5, 5.41) is 19.7. The molecule has 0 heterocycles. The average Bonchev–Trinajstić information content (AvgIpc) is 2.89. The average molecular weight is 229 g/mol. The van der Waals surface area contributed by atoms with Gasteiger partial charge in [0, 0.05) is 17.5 Å². The quantitative estimate of drug-likeness (QED) is 0.833. The van der Waals surface area contributed by atoms with Crippen LogP contribution in [0.4, 0.5) is 0 Å². The monoisotopic (exact) mass is 228 g/mol. The summed E-state index contributed by atoms with van der Waals surface area (Å²) in [6, 6.07) is 3.12. The van der Waals surface area contributed by atoms with Gasteiger partial charge in [-0.15, -0.1) is 0 Å². The van der Waals surface area contributed by atoms with E-state index in [4.69, 9.17) is 16.3 Å². The normalized spacial score (nSPS) is 17.5. The van der Waals surface area contributed by atoms with Gasteiger partial charge in [0.15, 0.2) is 11.5 Å². The van der Waals surface area contributed by atoms with Crippen LogP contribution in [0.15, 0.2) is 12.1 Å². The molecular weight excluding hydrogens is 216 g/mol. The molecule has 0 aliphatic heterocycles. The lowest BCUT2D eigenvalue weighted by molar-refractivity contribution is 0.151. The van der Waals surface area contributed by atoms with Crippen molar-refractivity contribution in [3.63, 3.8) is 0 Å². The first-order valence-electron chi connectivity index (χ1n) is 4.82. The van der Waals surface area contributed by atoms with Gasteiger partial charge in [0.05, 0.1) is 12.7 Å². The number of phenols is 1. The maximum absolute atomic E-state index is 9.78. The second kappa shape index (κ2) is 3.58. The number of methoxy groups -OCH3 is 1. The van der Waals surface area contributed by atoms with Crippen LogP contribution in [0.3, 0.4) is 0 Å². The number of rotatable bonds is 3. The van der Waals surface area contributed by atoms with Crippen LogP contribution in [-0.4, -0.2) is 22.9 Å². The molecule has 0 aromatic heterocycles. The van der Waals surface area contributed by atoms with E-state index in [1.165, 1.54) is 13.2 Å². The molecule has 2 N–H and O–H groups in total. The molecule has 15 heavy (non-hydrogen) atoms. The second-order valence-electron chi connectivity index (χ2n) is 4.02. The zero-order valence-corrected chi connectivity index (χ0v) is 9.21. The van der Waals surface area contributed by atoms with Gasteiger partial charge in [-0.25, -0.2) is 0 Å². The summed E-state index contributed by atoms with van der Waals surface area (Å²) in [7, 11) is 1.48. The molecule has 1 saturated carbocycles. The zero-order valence-electron chi connectivity index (χ0n) is 8.46. The molecule has 0 unspecified atom stereocenters. The van der Waals surface area contributed by atoms with Crippen LogP contribution in [0.5, 0.6) is 11.5 Å². The zero-order chi connectivity index (χ0) is 11.1. The smallest absolute Gasteiger partial charge is 0.160 e. The van der Waals surface area contributed by atoms with Gasteiger partial charge < -0.3 is 14.9 Å². The van der Waals surface area contributed by atoms with E-state index in [0.29, 0.717) is 17.2 Å². The van der Waals surface area contributed by atoms with Crippen LogP contribution in [-0.2, 0) is 6.42 Å². The molecule has 1 aliphatic rings. The van der Waals surface area contributed by atoms with E-state index in [-0.39, 0.29) is 5.75 Å². The molecular formula is C11H13ClO3. The van der Waals surface area contributed by atoms with Gasteiger partial charge in [-0.2, -0.15) is 0 Å². The van der Waals surface area contributed by atoms with Crippen LogP contribution in [0, 0.1) is 0 Å². The Bertz CT molecular complexity index is 386. The lowest BCUT2D eigenvalue weighted by Crippen LogP contribution is -2.11. The first-order valence-corrected chi connectivity index (χ1v) is 5.20. The van der Waals surface area contributed by atoms with E-state index in [1.54, 1.807) is 6.07 Å². The van der Waals surface area contributed by atoms with E-state index in [2.05, 4.69) is 0 Å². The Kier molecular flexibility index (Phi) is 2.52. The van der Waals surface area contributed by atoms with Crippen LogP contribution in [0.25, 0.3) is 0 Å². The number of halogens is 1. The fourth-order valence-corrected chi connectivity index (χ4v) is 1.78. The molecule has 0 saturated heterocycles. The molecule has 2 rings (SSSR count). The summed E-state index contributed by atoms with van der Waals surface area (Å²) in [5.74, 6) is 0.410. The van der Waals surface area contributed by atoms with Gasteiger partial charge in [-0.1, -0.05) is 11.6 Å². The van der Waals surface area contributed by atoms with Crippen molar-refractivity contribution in [2.45, 2.75) is 24.9 Å².